The maximum absolute atomic E-state index is 13.4. The molecule has 35 heavy (non-hydrogen) atoms. The lowest BCUT2D eigenvalue weighted by atomic mass is 9.94. The molecule has 2 aliphatic rings. The quantitative estimate of drug-likeness (QED) is 0.274. The second-order valence-corrected chi connectivity index (χ2v) is 10.6. The molecule has 180 valence electrons. The molecule has 1 aromatic heterocycles. The molecule has 0 N–H and O–H groups in total. The first-order chi connectivity index (χ1) is 17.0. The molecule has 7 heteroatoms. The van der Waals surface area contributed by atoms with Crippen molar-refractivity contribution in [1.82, 2.24) is 14.7 Å². The zero-order valence-corrected chi connectivity index (χ0v) is 21.7. The summed E-state index contributed by atoms with van der Waals surface area (Å²) in [4.78, 5) is 15.9. The van der Waals surface area contributed by atoms with Gasteiger partial charge in [0.15, 0.2) is 0 Å². The number of aryl methyl sites for hydroxylation is 1. The van der Waals surface area contributed by atoms with Crippen LogP contribution in [0.2, 0.25) is 0 Å². The highest BCUT2D eigenvalue weighted by atomic mass is 32.2. The van der Waals surface area contributed by atoms with Gasteiger partial charge in [0, 0.05) is 23.4 Å². The van der Waals surface area contributed by atoms with E-state index in [0.29, 0.717) is 15.8 Å². The minimum Gasteiger partial charge on any atom is -0.494 e. The third-order valence-corrected chi connectivity index (χ3v) is 7.89. The van der Waals surface area contributed by atoms with E-state index in [1.165, 1.54) is 18.2 Å². The van der Waals surface area contributed by atoms with Crippen LogP contribution in [0.1, 0.15) is 50.2 Å². The second-order valence-electron chi connectivity index (χ2n) is 8.97. The monoisotopic (exact) mass is 503 g/mol. The van der Waals surface area contributed by atoms with E-state index >= 15 is 0 Å². The molecular formula is C28H29N3O2S2. The van der Waals surface area contributed by atoms with Crippen LogP contribution in [0.4, 0.5) is 0 Å². The summed E-state index contributed by atoms with van der Waals surface area (Å²) < 4.78 is 8.27. The summed E-state index contributed by atoms with van der Waals surface area (Å²) in [7, 11) is 0. The Hall–Kier alpha value is -2.90. The zero-order valence-electron chi connectivity index (χ0n) is 20.1. The largest absolute Gasteiger partial charge is 0.494 e. The van der Waals surface area contributed by atoms with Gasteiger partial charge in [-0.1, -0.05) is 61.4 Å². The molecule has 2 fully saturated rings. The van der Waals surface area contributed by atoms with E-state index in [4.69, 9.17) is 22.1 Å². The van der Waals surface area contributed by atoms with Crippen molar-refractivity contribution in [2.75, 3.05) is 6.61 Å². The number of benzene rings is 2. The number of thiocarbonyl (C=S) groups is 1. The van der Waals surface area contributed by atoms with Crippen molar-refractivity contribution in [3.8, 4) is 22.7 Å². The third-order valence-electron chi connectivity index (χ3n) is 6.56. The number of aromatic nitrogens is 2. The smallest absolute Gasteiger partial charge is 0.266 e. The normalized spacial score (nSPS) is 18.0. The number of rotatable bonds is 6. The van der Waals surface area contributed by atoms with E-state index in [1.54, 1.807) is 0 Å². The fourth-order valence-electron chi connectivity index (χ4n) is 4.82. The highest BCUT2D eigenvalue weighted by Crippen LogP contribution is 2.39. The highest BCUT2D eigenvalue weighted by molar-refractivity contribution is 8.26. The second kappa shape index (κ2) is 10.4. The zero-order chi connectivity index (χ0) is 24.4. The van der Waals surface area contributed by atoms with E-state index < -0.39 is 0 Å². The first kappa shape index (κ1) is 23.8. The van der Waals surface area contributed by atoms with E-state index in [-0.39, 0.29) is 11.9 Å². The van der Waals surface area contributed by atoms with Gasteiger partial charge < -0.3 is 4.74 Å². The van der Waals surface area contributed by atoms with Crippen LogP contribution in [0.25, 0.3) is 23.0 Å². The number of hydrogen-bond acceptors (Lipinski definition) is 5. The Bertz CT molecular complexity index is 1280. The first-order valence-electron chi connectivity index (χ1n) is 12.2. The fraction of sp³-hybridized carbons (Fsp3) is 0.321. The van der Waals surface area contributed by atoms with E-state index in [2.05, 4.69) is 6.07 Å². The summed E-state index contributed by atoms with van der Waals surface area (Å²) >= 11 is 7.05. The number of carbonyl (C=O) groups is 1. The topological polar surface area (TPSA) is 47.4 Å². The summed E-state index contributed by atoms with van der Waals surface area (Å²) in [5.74, 6) is 0.891. The molecular weight excluding hydrogens is 474 g/mol. The molecule has 0 atom stereocenters. The van der Waals surface area contributed by atoms with Gasteiger partial charge in [0.1, 0.15) is 15.8 Å². The number of para-hydroxylation sites is 1. The molecule has 2 aromatic carbocycles. The molecule has 5 nitrogen and oxygen atoms in total. The number of carbonyl (C=O) groups excluding carboxylic acids is 1. The van der Waals surface area contributed by atoms with Crippen LogP contribution in [0.3, 0.4) is 0 Å². The van der Waals surface area contributed by atoms with Crippen LogP contribution in [-0.4, -0.2) is 37.6 Å². The Kier molecular flexibility index (Phi) is 7.07. The highest BCUT2D eigenvalue weighted by Gasteiger charge is 2.37. The average Bonchev–Trinajstić information content (AvgIpc) is 3.42. The van der Waals surface area contributed by atoms with Gasteiger partial charge in [0.25, 0.3) is 5.91 Å². The third kappa shape index (κ3) is 4.93. The molecule has 1 saturated heterocycles. The number of hydrogen-bond donors (Lipinski definition) is 0. The molecule has 5 rings (SSSR count). The van der Waals surface area contributed by atoms with Crippen LogP contribution in [0.15, 0.2) is 59.6 Å². The van der Waals surface area contributed by atoms with Crippen LogP contribution >= 0.6 is 24.0 Å². The lowest BCUT2D eigenvalue weighted by Gasteiger charge is -2.29. The minimum absolute atomic E-state index is 0.0215. The van der Waals surface area contributed by atoms with Crippen molar-refractivity contribution in [3.05, 3.63) is 70.8 Å². The van der Waals surface area contributed by atoms with Gasteiger partial charge in [-0.2, -0.15) is 5.10 Å². The molecule has 1 aliphatic carbocycles. The lowest BCUT2D eigenvalue weighted by molar-refractivity contribution is -0.124. The standard InChI is InChI=1S/C28H29N3O2S2/c1-3-33-24-15-14-20(16-19(24)2)26-21(18-30(29-26)22-10-6-4-7-11-22)17-25-27(32)31(28(34)35-25)23-12-8-5-9-13-23/h4,6-7,10-11,14-18,23H,3,5,8-9,12-13H2,1-2H3. The minimum atomic E-state index is 0.0215. The van der Waals surface area contributed by atoms with Crippen molar-refractivity contribution in [2.24, 2.45) is 0 Å². The molecule has 0 unspecified atom stereocenters. The average molecular weight is 504 g/mol. The molecule has 1 aliphatic heterocycles. The van der Waals surface area contributed by atoms with Crippen molar-refractivity contribution in [1.29, 1.82) is 0 Å². The van der Waals surface area contributed by atoms with Gasteiger partial charge in [-0.25, -0.2) is 4.68 Å². The maximum atomic E-state index is 13.4. The Labute approximate surface area is 216 Å². The molecule has 3 aromatic rings. The molecule has 1 saturated carbocycles. The molecule has 0 spiro atoms. The van der Waals surface area contributed by atoms with Crippen molar-refractivity contribution in [2.45, 2.75) is 52.0 Å². The summed E-state index contributed by atoms with van der Waals surface area (Å²) in [6.07, 6.45) is 9.56. The Balaban J connectivity index is 1.54. The van der Waals surface area contributed by atoms with Crippen molar-refractivity contribution < 1.29 is 9.53 Å². The van der Waals surface area contributed by atoms with Gasteiger partial charge in [-0.15, -0.1) is 0 Å². The van der Waals surface area contributed by atoms with Crippen LogP contribution in [0, 0.1) is 6.92 Å². The fourth-order valence-corrected chi connectivity index (χ4v) is 6.21. The molecule has 1 amide bonds. The number of amides is 1. The predicted molar refractivity (Wildman–Crippen MR) is 147 cm³/mol. The van der Waals surface area contributed by atoms with E-state index in [9.17, 15) is 4.79 Å². The van der Waals surface area contributed by atoms with Gasteiger partial charge in [-0.3, -0.25) is 9.69 Å². The predicted octanol–water partition coefficient (Wildman–Crippen LogP) is 6.78. The first-order valence-corrected chi connectivity index (χ1v) is 13.4. The number of thioether (sulfide) groups is 1. The Morgan fingerprint density at radius 3 is 2.63 bits per heavy atom. The summed E-state index contributed by atoms with van der Waals surface area (Å²) in [5, 5.41) is 4.93. The van der Waals surface area contributed by atoms with Crippen LogP contribution in [0.5, 0.6) is 5.75 Å². The van der Waals surface area contributed by atoms with Gasteiger partial charge >= 0.3 is 0 Å². The summed E-state index contributed by atoms with van der Waals surface area (Å²) in [6, 6.07) is 16.3. The Morgan fingerprint density at radius 2 is 1.91 bits per heavy atom. The maximum Gasteiger partial charge on any atom is 0.266 e. The van der Waals surface area contributed by atoms with Crippen LogP contribution in [-0.2, 0) is 4.79 Å². The Morgan fingerprint density at radius 1 is 1.14 bits per heavy atom. The molecule has 0 bridgehead atoms. The molecule has 0 radical (unpaired) electrons. The van der Waals surface area contributed by atoms with Crippen molar-refractivity contribution in [3.63, 3.8) is 0 Å². The van der Waals surface area contributed by atoms with E-state index in [1.807, 2.05) is 78.2 Å². The lowest BCUT2D eigenvalue weighted by Crippen LogP contribution is -2.39. The van der Waals surface area contributed by atoms with Crippen molar-refractivity contribution >= 4 is 40.3 Å². The van der Waals surface area contributed by atoms with Gasteiger partial charge in [0.2, 0.25) is 0 Å². The summed E-state index contributed by atoms with van der Waals surface area (Å²) in [5.41, 5.74) is 4.71. The number of ether oxygens (including phenoxy) is 1. The van der Waals surface area contributed by atoms with Gasteiger partial charge in [-0.05, 0) is 68.7 Å². The summed E-state index contributed by atoms with van der Waals surface area (Å²) in [6.45, 7) is 4.64. The van der Waals surface area contributed by atoms with Crippen LogP contribution < -0.4 is 4.74 Å². The van der Waals surface area contributed by atoms with Gasteiger partial charge in [0.05, 0.1) is 17.2 Å². The van der Waals surface area contributed by atoms with E-state index in [0.717, 1.165) is 59.5 Å². The SMILES string of the molecule is CCOc1ccc(-c2nn(-c3ccccc3)cc2C=C2SC(=S)N(C3CCCCC3)C2=O)cc1C. The number of nitrogens with zero attached hydrogens (tertiary/aromatic N) is 3. The molecule has 2 heterocycles.